The van der Waals surface area contributed by atoms with E-state index in [9.17, 15) is 0 Å². The van der Waals surface area contributed by atoms with Crippen molar-refractivity contribution in [3.05, 3.63) is 10.7 Å². The van der Waals surface area contributed by atoms with Gasteiger partial charge in [-0.2, -0.15) is 0 Å². The summed E-state index contributed by atoms with van der Waals surface area (Å²) in [4.78, 5) is 5.89. The van der Waals surface area contributed by atoms with Crippen LogP contribution in [0.15, 0.2) is 0 Å². The highest BCUT2D eigenvalue weighted by molar-refractivity contribution is 7.23. The van der Waals surface area contributed by atoms with Crippen LogP contribution in [0.5, 0.6) is 0 Å². The second-order valence-electron chi connectivity index (χ2n) is 5.02. The third-order valence-electron chi connectivity index (χ3n) is 2.46. The molecule has 6 heteroatoms. The average Bonchev–Trinajstić information content (AvgIpc) is 2.83. The fourth-order valence-electron chi connectivity index (χ4n) is 1.69. The lowest BCUT2D eigenvalue weighted by Crippen LogP contribution is -1.95. The van der Waals surface area contributed by atoms with Crippen LogP contribution in [0.1, 0.15) is 44.3 Å². The molecule has 0 aromatic carbocycles. The number of nitrogens with two attached hydrogens (primary N) is 1. The summed E-state index contributed by atoms with van der Waals surface area (Å²) in [6.45, 7) is 8.72. The molecule has 2 N–H and O–H groups in total. The molecule has 0 saturated carbocycles. The van der Waals surface area contributed by atoms with Crippen LogP contribution in [-0.2, 0) is 6.42 Å². The Kier molecular flexibility index (Phi) is 3.97. The molecule has 98 valence electrons. The van der Waals surface area contributed by atoms with Gasteiger partial charge in [0, 0.05) is 6.42 Å². The number of rotatable bonds is 4. The molecule has 0 amide bonds. The Morgan fingerprint density at radius 3 is 2.33 bits per heavy atom. The van der Waals surface area contributed by atoms with Gasteiger partial charge in [0.25, 0.3) is 0 Å². The largest absolute Gasteiger partial charge is 0.374 e. The minimum absolute atomic E-state index is 0.391. The van der Waals surface area contributed by atoms with Crippen LogP contribution in [0, 0.1) is 5.92 Å². The number of thiazole rings is 1. The highest BCUT2D eigenvalue weighted by Crippen LogP contribution is 2.37. The van der Waals surface area contributed by atoms with E-state index < -0.39 is 0 Å². The van der Waals surface area contributed by atoms with Crippen LogP contribution in [0.4, 0.5) is 5.13 Å². The number of nitrogens with zero attached hydrogens (tertiary/aromatic N) is 3. The van der Waals surface area contributed by atoms with E-state index in [0.717, 1.165) is 22.0 Å². The number of anilines is 1. The number of hydrogen-bond donors (Lipinski definition) is 1. The summed E-state index contributed by atoms with van der Waals surface area (Å²) in [6, 6.07) is 0. The minimum Gasteiger partial charge on any atom is -0.374 e. The summed E-state index contributed by atoms with van der Waals surface area (Å²) in [6.07, 6.45) is 1.01. The van der Waals surface area contributed by atoms with Crippen LogP contribution in [-0.4, -0.2) is 15.2 Å². The van der Waals surface area contributed by atoms with Gasteiger partial charge in [-0.1, -0.05) is 39.0 Å². The molecule has 2 aromatic heterocycles. The highest BCUT2D eigenvalue weighted by atomic mass is 32.1. The molecular weight excluding hydrogens is 264 g/mol. The van der Waals surface area contributed by atoms with E-state index >= 15 is 0 Å². The van der Waals surface area contributed by atoms with Crippen LogP contribution in [0.25, 0.3) is 9.88 Å². The smallest absolute Gasteiger partial charge is 0.203 e. The third kappa shape index (κ3) is 2.87. The quantitative estimate of drug-likeness (QED) is 0.931. The normalized spacial score (nSPS) is 11.7. The highest BCUT2D eigenvalue weighted by Gasteiger charge is 2.19. The maximum atomic E-state index is 5.66. The number of aromatic nitrogens is 3. The van der Waals surface area contributed by atoms with Gasteiger partial charge in [-0.25, -0.2) is 4.98 Å². The molecule has 0 bridgehead atoms. The van der Waals surface area contributed by atoms with Crippen LogP contribution >= 0.6 is 22.7 Å². The van der Waals surface area contributed by atoms with Crippen molar-refractivity contribution in [2.24, 2.45) is 5.92 Å². The van der Waals surface area contributed by atoms with Crippen LogP contribution in [0.3, 0.4) is 0 Å². The zero-order chi connectivity index (χ0) is 13.3. The van der Waals surface area contributed by atoms with Gasteiger partial charge in [0.05, 0.1) is 15.6 Å². The van der Waals surface area contributed by atoms with Gasteiger partial charge < -0.3 is 5.73 Å². The SMILES string of the molecule is CC(C)Cc1nc(C(C)C)c(-c2nnc(N)s2)s1. The van der Waals surface area contributed by atoms with E-state index in [2.05, 4.69) is 37.9 Å². The molecule has 2 aromatic rings. The molecule has 2 heterocycles. The number of hydrogen-bond acceptors (Lipinski definition) is 6. The maximum Gasteiger partial charge on any atom is 0.203 e. The second kappa shape index (κ2) is 5.32. The standard InChI is InChI=1S/C12H18N4S2/c1-6(2)5-8-14-9(7(3)4)10(17-8)11-15-16-12(13)18-11/h6-7H,5H2,1-4H3,(H2,13,16). The lowest BCUT2D eigenvalue weighted by molar-refractivity contribution is 0.641. The van der Waals surface area contributed by atoms with Crippen molar-refractivity contribution in [3.8, 4) is 9.88 Å². The Hall–Kier alpha value is -1.01. The fraction of sp³-hybridized carbons (Fsp3) is 0.583. The van der Waals surface area contributed by atoms with Crippen molar-refractivity contribution < 1.29 is 0 Å². The van der Waals surface area contributed by atoms with Crippen molar-refractivity contribution in [3.63, 3.8) is 0 Å². The molecule has 0 atom stereocenters. The fourth-order valence-corrected chi connectivity index (χ4v) is 3.80. The van der Waals surface area contributed by atoms with E-state index in [1.807, 2.05) is 0 Å². The number of nitrogen functional groups attached to an aromatic ring is 1. The van der Waals surface area contributed by atoms with Gasteiger partial charge in [0.1, 0.15) is 0 Å². The Morgan fingerprint density at radius 1 is 1.11 bits per heavy atom. The molecule has 0 spiro atoms. The van der Waals surface area contributed by atoms with Crippen molar-refractivity contribution in [2.45, 2.75) is 40.0 Å². The van der Waals surface area contributed by atoms with E-state index in [0.29, 0.717) is 17.0 Å². The van der Waals surface area contributed by atoms with E-state index in [1.165, 1.54) is 16.3 Å². The van der Waals surface area contributed by atoms with E-state index in [4.69, 9.17) is 10.7 Å². The Morgan fingerprint density at radius 2 is 1.83 bits per heavy atom. The van der Waals surface area contributed by atoms with Crippen molar-refractivity contribution in [1.82, 2.24) is 15.2 Å². The predicted octanol–water partition coefficient (Wildman–Crippen LogP) is 3.57. The van der Waals surface area contributed by atoms with Gasteiger partial charge in [0.2, 0.25) is 5.13 Å². The molecule has 0 saturated heterocycles. The summed E-state index contributed by atoms with van der Waals surface area (Å²) in [7, 11) is 0. The summed E-state index contributed by atoms with van der Waals surface area (Å²) >= 11 is 3.15. The minimum atomic E-state index is 0.391. The van der Waals surface area contributed by atoms with Crippen molar-refractivity contribution in [2.75, 3.05) is 5.73 Å². The van der Waals surface area contributed by atoms with Gasteiger partial charge in [-0.3, -0.25) is 0 Å². The maximum absolute atomic E-state index is 5.66. The molecule has 0 fully saturated rings. The first-order chi connectivity index (χ1) is 8.47. The zero-order valence-corrected chi connectivity index (χ0v) is 12.7. The Labute approximate surface area is 115 Å². The lowest BCUT2D eigenvalue weighted by atomic mass is 10.1. The van der Waals surface area contributed by atoms with Gasteiger partial charge >= 0.3 is 0 Å². The van der Waals surface area contributed by atoms with Gasteiger partial charge in [-0.05, 0) is 11.8 Å². The molecule has 0 aliphatic heterocycles. The first-order valence-corrected chi connectivity index (χ1v) is 7.69. The molecule has 0 aliphatic rings. The summed E-state index contributed by atoms with van der Waals surface area (Å²) < 4.78 is 0. The van der Waals surface area contributed by atoms with Crippen molar-refractivity contribution in [1.29, 1.82) is 0 Å². The average molecular weight is 282 g/mol. The van der Waals surface area contributed by atoms with Gasteiger partial charge in [0.15, 0.2) is 5.01 Å². The topological polar surface area (TPSA) is 64.7 Å². The molecule has 0 unspecified atom stereocenters. The van der Waals surface area contributed by atoms with E-state index in [1.54, 1.807) is 11.3 Å². The lowest BCUT2D eigenvalue weighted by Gasteiger charge is -2.01. The molecule has 4 nitrogen and oxygen atoms in total. The van der Waals surface area contributed by atoms with E-state index in [-0.39, 0.29) is 0 Å². The molecule has 0 radical (unpaired) electrons. The Bertz CT molecular complexity index is 528. The van der Waals surface area contributed by atoms with Crippen LogP contribution in [0.2, 0.25) is 0 Å². The first kappa shape index (κ1) is 13.4. The summed E-state index contributed by atoms with van der Waals surface area (Å²) in [5.74, 6) is 1.01. The van der Waals surface area contributed by atoms with Gasteiger partial charge in [-0.15, -0.1) is 21.5 Å². The molecular formula is C12H18N4S2. The summed E-state index contributed by atoms with van der Waals surface area (Å²) in [5, 5.41) is 10.6. The summed E-state index contributed by atoms with van der Waals surface area (Å²) in [5.41, 5.74) is 6.78. The van der Waals surface area contributed by atoms with Crippen LogP contribution < -0.4 is 5.73 Å². The second-order valence-corrected chi connectivity index (χ2v) is 7.11. The zero-order valence-electron chi connectivity index (χ0n) is 11.1. The molecule has 18 heavy (non-hydrogen) atoms. The Balaban J connectivity index is 2.41. The van der Waals surface area contributed by atoms with Crippen molar-refractivity contribution >= 4 is 27.8 Å². The first-order valence-electron chi connectivity index (χ1n) is 6.06. The third-order valence-corrected chi connectivity index (χ3v) is 4.46. The molecule has 2 rings (SSSR count). The monoisotopic (exact) mass is 282 g/mol. The molecule has 0 aliphatic carbocycles. The predicted molar refractivity (Wildman–Crippen MR) is 78.1 cm³/mol.